The summed E-state index contributed by atoms with van der Waals surface area (Å²) in [6, 6.07) is 4.00. The van der Waals surface area contributed by atoms with Gasteiger partial charge in [-0.05, 0) is 17.9 Å². The first-order valence-electron chi connectivity index (χ1n) is 8.45. The third-order valence-corrected chi connectivity index (χ3v) is 5.94. The van der Waals surface area contributed by atoms with E-state index in [0.717, 1.165) is 16.3 Å². The smallest absolute Gasteiger partial charge is 0.273 e. The number of carbonyl (C=O) groups is 2. The van der Waals surface area contributed by atoms with Crippen LogP contribution in [0.25, 0.3) is 9.88 Å². The summed E-state index contributed by atoms with van der Waals surface area (Å²) >= 11 is 3.13. The van der Waals surface area contributed by atoms with Crippen LogP contribution in [0.2, 0.25) is 0 Å². The van der Waals surface area contributed by atoms with Crippen LogP contribution >= 0.6 is 22.7 Å². The van der Waals surface area contributed by atoms with Crippen molar-refractivity contribution in [1.29, 1.82) is 0 Å². The Bertz CT molecular complexity index is 706. The number of thiophene rings is 1. The minimum Gasteiger partial charge on any atom is -0.355 e. The molecule has 3 rings (SSSR count). The van der Waals surface area contributed by atoms with E-state index in [1.807, 2.05) is 34.7 Å². The first-order valence-corrected chi connectivity index (χ1v) is 10.2. The molecule has 134 valence electrons. The van der Waals surface area contributed by atoms with Gasteiger partial charge in [0.2, 0.25) is 5.91 Å². The van der Waals surface area contributed by atoms with Gasteiger partial charge in [0.05, 0.1) is 11.4 Å². The fourth-order valence-electron chi connectivity index (χ4n) is 2.68. The topological polar surface area (TPSA) is 65.5 Å². The van der Waals surface area contributed by atoms with Gasteiger partial charge in [-0.1, -0.05) is 13.0 Å². The van der Waals surface area contributed by atoms with Crippen molar-refractivity contribution in [1.82, 2.24) is 20.1 Å². The lowest BCUT2D eigenvalue weighted by atomic mass is 10.3. The monoisotopic (exact) mass is 378 g/mol. The van der Waals surface area contributed by atoms with Crippen molar-refractivity contribution in [3.8, 4) is 9.88 Å². The van der Waals surface area contributed by atoms with E-state index in [1.54, 1.807) is 11.3 Å². The van der Waals surface area contributed by atoms with Gasteiger partial charge in [0, 0.05) is 38.1 Å². The van der Waals surface area contributed by atoms with E-state index in [2.05, 4.69) is 15.2 Å². The average Bonchev–Trinajstić information content (AvgIpc) is 3.31. The number of aromatic nitrogens is 1. The maximum absolute atomic E-state index is 12.6. The minimum absolute atomic E-state index is 0.0193. The molecule has 1 aliphatic rings. The van der Waals surface area contributed by atoms with E-state index in [1.165, 1.54) is 11.3 Å². The maximum Gasteiger partial charge on any atom is 0.273 e. The Labute approximate surface area is 155 Å². The molecule has 0 atom stereocenters. The molecule has 2 aromatic rings. The highest BCUT2D eigenvalue weighted by molar-refractivity contribution is 7.20. The summed E-state index contributed by atoms with van der Waals surface area (Å²) < 4.78 is 0. The van der Waals surface area contributed by atoms with Crippen molar-refractivity contribution in [2.45, 2.75) is 13.3 Å². The Morgan fingerprint density at radius 1 is 1.24 bits per heavy atom. The molecule has 1 N–H and O–H groups in total. The number of thiazole rings is 1. The van der Waals surface area contributed by atoms with Crippen molar-refractivity contribution in [2.24, 2.45) is 0 Å². The van der Waals surface area contributed by atoms with E-state index in [-0.39, 0.29) is 11.8 Å². The van der Waals surface area contributed by atoms with E-state index >= 15 is 0 Å². The highest BCUT2D eigenvalue weighted by atomic mass is 32.1. The SMILES string of the molecule is CCCNC(=O)CN1CCN(C(=O)c2csc(-c3cccs3)n2)CC1. The van der Waals surface area contributed by atoms with Gasteiger partial charge in [-0.2, -0.15) is 0 Å². The Balaban J connectivity index is 1.51. The van der Waals surface area contributed by atoms with Crippen LogP contribution in [-0.4, -0.2) is 65.9 Å². The number of hydrogen-bond acceptors (Lipinski definition) is 6. The largest absolute Gasteiger partial charge is 0.355 e. The zero-order valence-electron chi connectivity index (χ0n) is 14.2. The summed E-state index contributed by atoms with van der Waals surface area (Å²) in [6.45, 7) is 5.85. The van der Waals surface area contributed by atoms with Gasteiger partial charge < -0.3 is 10.2 Å². The molecule has 1 aliphatic heterocycles. The fraction of sp³-hybridized carbons (Fsp3) is 0.471. The molecule has 0 saturated carbocycles. The van der Waals surface area contributed by atoms with E-state index in [4.69, 9.17) is 0 Å². The molecule has 1 fully saturated rings. The van der Waals surface area contributed by atoms with Gasteiger partial charge in [-0.15, -0.1) is 22.7 Å². The molecular weight excluding hydrogens is 356 g/mol. The summed E-state index contributed by atoms with van der Waals surface area (Å²) in [7, 11) is 0. The molecule has 2 aromatic heterocycles. The molecule has 0 spiro atoms. The van der Waals surface area contributed by atoms with E-state index in [9.17, 15) is 9.59 Å². The maximum atomic E-state index is 12.6. The van der Waals surface area contributed by atoms with Gasteiger partial charge in [0.1, 0.15) is 10.7 Å². The molecule has 0 bridgehead atoms. The van der Waals surface area contributed by atoms with Gasteiger partial charge >= 0.3 is 0 Å². The van der Waals surface area contributed by atoms with Crippen LogP contribution in [0, 0.1) is 0 Å². The lowest BCUT2D eigenvalue weighted by Gasteiger charge is -2.33. The van der Waals surface area contributed by atoms with Crippen LogP contribution in [-0.2, 0) is 4.79 Å². The standard InChI is InChI=1S/C17H22N4O2S2/c1-2-5-18-15(22)11-20-6-8-21(9-7-20)17(23)13-12-25-16(19-13)14-4-3-10-24-14/h3-4,10,12H,2,5-9,11H2,1H3,(H,18,22). The highest BCUT2D eigenvalue weighted by Gasteiger charge is 2.24. The normalized spacial score (nSPS) is 15.3. The molecule has 0 unspecified atom stereocenters. The zero-order chi connectivity index (χ0) is 17.6. The number of rotatable bonds is 6. The van der Waals surface area contributed by atoms with Gasteiger partial charge in [-0.25, -0.2) is 4.98 Å². The molecule has 0 aliphatic carbocycles. The zero-order valence-corrected chi connectivity index (χ0v) is 15.9. The molecule has 25 heavy (non-hydrogen) atoms. The summed E-state index contributed by atoms with van der Waals surface area (Å²) in [5.74, 6) is 0.0378. The minimum atomic E-state index is -0.0193. The third kappa shape index (κ3) is 4.65. The Hall–Kier alpha value is -1.77. The molecule has 8 heteroatoms. The number of amides is 2. The lowest BCUT2D eigenvalue weighted by molar-refractivity contribution is -0.122. The van der Waals surface area contributed by atoms with Crippen LogP contribution in [0.4, 0.5) is 0 Å². The number of nitrogens with one attached hydrogen (secondary N) is 1. The van der Waals surface area contributed by atoms with Crippen LogP contribution in [0.3, 0.4) is 0 Å². The highest BCUT2D eigenvalue weighted by Crippen LogP contribution is 2.28. The Kier molecular flexibility index (Phi) is 6.17. The molecule has 0 aromatic carbocycles. The van der Waals surface area contributed by atoms with Crippen LogP contribution in [0.1, 0.15) is 23.8 Å². The van der Waals surface area contributed by atoms with Crippen LogP contribution < -0.4 is 5.32 Å². The first-order chi connectivity index (χ1) is 12.2. The molecule has 6 nitrogen and oxygen atoms in total. The summed E-state index contributed by atoms with van der Waals surface area (Å²) in [5, 5.41) is 7.62. The molecule has 2 amide bonds. The van der Waals surface area contributed by atoms with Gasteiger partial charge in [-0.3, -0.25) is 14.5 Å². The van der Waals surface area contributed by atoms with Crippen LogP contribution in [0.15, 0.2) is 22.9 Å². The quantitative estimate of drug-likeness (QED) is 0.837. The summed E-state index contributed by atoms with van der Waals surface area (Å²) in [6.07, 6.45) is 0.940. The van der Waals surface area contributed by atoms with Crippen molar-refractivity contribution < 1.29 is 9.59 Å². The molecule has 3 heterocycles. The van der Waals surface area contributed by atoms with E-state index < -0.39 is 0 Å². The Morgan fingerprint density at radius 3 is 2.72 bits per heavy atom. The van der Waals surface area contributed by atoms with Crippen molar-refractivity contribution in [2.75, 3.05) is 39.3 Å². The molecular formula is C17H22N4O2S2. The number of piperazine rings is 1. The van der Waals surface area contributed by atoms with Gasteiger partial charge in [0.15, 0.2) is 0 Å². The van der Waals surface area contributed by atoms with Crippen molar-refractivity contribution in [3.05, 3.63) is 28.6 Å². The second kappa shape index (κ2) is 8.55. The molecule has 1 saturated heterocycles. The summed E-state index contributed by atoms with van der Waals surface area (Å²) in [5.41, 5.74) is 0.516. The summed E-state index contributed by atoms with van der Waals surface area (Å²) in [4.78, 5) is 33.9. The number of carbonyl (C=O) groups excluding carboxylic acids is 2. The third-order valence-electron chi connectivity index (χ3n) is 4.05. The van der Waals surface area contributed by atoms with Gasteiger partial charge in [0.25, 0.3) is 5.91 Å². The Morgan fingerprint density at radius 2 is 2.04 bits per heavy atom. The van der Waals surface area contributed by atoms with Crippen molar-refractivity contribution in [3.63, 3.8) is 0 Å². The fourth-order valence-corrected chi connectivity index (χ4v) is 4.29. The first kappa shape index (κ1) is 18.0. The molecule has 0 radical (unpaired) electrons. The average molecular weight is 379 g/mol. The van der Waals surface area contributed by atoms with Crippen LogP contribution in [0.5, 0.6) is 0 Å². The van der Waals surface area contributed by atoms with E-state index in [0.29, 0.717) is 45.0 Å². The second-order valence-corrected chi connectivity index (χ2v) is 7.74. The lowest BCUT2D eigenvalue weighted by Crippen LogP contribution is -2.51. The number of nitrogens with zero attached hydrogens (tertiary/aromatic N) is 3. The second-order valence-electron chi connectivity index (χ2n) is 5.93. The number of hydrogen-bond donors (Lipinski definition) is 1. The predicted octanol–water partition coefficient (Wildman–Crippen LogP) is 2.16. The predicted molar refractivity (Wildman–Crippen MR) is 101 cm³/mol. The van der Waals surface area contributed by atoms with Crippen molar-refractivity contribution >= 4 is 34.5 Å².